The molecule has 1 aromatic carbocycles. The molecule has 0 bridgehead atoms. The summed E-state index contributed by atoms with van der Waals surface area (Å²) in [6, 6.07) is 5.20. The molecule has 0 saturated carbocycles. The van der Waals surface area contributed by atoms with Gasteiger partial charge in [0.2, 0.25) is 5.91 Å². The van der Waals surface area contributed by atoms with Crippen LogP contribution in [0, 0.1) is 5.92 Å². The number of aryl methyl sites for hydroxylation is 1. The van der Waals surface area contributed by atoms with Crippen molar-refractivity contribution in [3.63, 3.8) is 0 Å². The minimum absolute atomic E-state index is 0.104. The third kappa shape index (κ3) is 4.51. The van der Waals surface area contributed by atoms with E-state index in [1.165, 1.54) is 0 Å². The van der Waals surface area contributed by atoms with Crippen LogP contribution in [-0.4, -0.2) is 48.4 Å². The Balaban J connectivity index is 1.33. The summed E-state index contributed by atoms with van der Waals surface area (Å²) in [5.74, 6) is 1.44. The number of benzene rings is 1. The monoisotopic (exact) mass is 424 g/mol. The highest BCUT2D eigenvalue weighted by molar-refractivity contribution is 6.36. The normalized spacial score (nSPS) is 20.6. The fraction of sp³-hybridized carbons (Fsp3) is 0.500. The Bertz CT molecular complexity index is 835. The number of amides is 1. The molecule has 150 valence electrons. The number of piperidine rings is 1. The first kappa shape index (κ1) is 19.7. The topological polar surface area (TPSA) is 64.8 Å². The van der Waals surface area contributed by atoms with E-state index in [1.54, 1.807) is 24.4 Å². The standard InChI is InChI=1S/C20H22Cl2N2O4/c21-14-3-4-15(16(22)10-14)17-11-23-18(28-17)5-6-19(25)24-7-1-2-13(12-24)20-26-8-9-27-20/h3-4,10-11,13,20H,1-2,5-9,12H2. The van der Waals surface area contributed by atoms with Crippen LogP contribution in [-0.2, 0) is 20.7 Å². The molecule has 3 heterocycles. The molecule has 2 fully saturated rings. The second-order valence-electron chi connectivity index (χ2n) is 7.09. The van der Waals surface area contributed by atoms with E-state index in [0.29, 0.717) is 54.3 Å². The fourth-order valence-corrected chi connectivity index (χ4v) is 4.22. The number of halogens is 2. The average molecular weight is 425 g/mol. The van der Waals surface area contributed by atoms with Crippen LogP contribution >= 0.6 is 23.2 Å². The van der Waals surface area contributed by atoms with Gasteiger partial charge in [-0.2, -0.15) is 0 Å². The molecule has 8 heteroatoms. The van der Waals surface area contributed by atoms with Crippen molar-refractivity contribution >= 4 is 29.1 Å². The Morgan fingerprint density at radius 2 is 2.07 bits per heavy atom. The van der Waals surface area contributed by atoms with Gasteiger partial charge in [0.25, 0.3) is 0 Å². The van der Waals surface area contributed by atoms with E-state index < -0.39 is 0 Å². The molecule has 1 aromatic heterocycles. The Hall–Kier alpha value is -1.60. The lowest BCUT2D eigenvalue weighted by molar-refractivity contribution is -0.139. The zero-order chi connectivity index (χ0) is 19.5. The molecule has 0 radical (unpaired) electrons. The molecule has 1 amide bonds. The summed E-state index contributed by atoms with van der Waals surface area (Å²) in [5, 5.41) is 1.06. The summed E-state index contributed by atoms with van der Waals surface area (Å²) < 4.78 is 17.0. The van der Waals surface area contributed by atoms with Crippen molar-refractivity contribution in [2.24, 2.45) is 5.92 Å². The maximum absolute atomic E-state index is 12.6. The van der Waals surface area contributed by atoms with Gasteiger partial charge in [0, 0.05) is 42.4 Å². The van der Waals surface area contributed by atoms with E-state index in [4.69, 9.17) is 37.1 Å². The second kappa shape index (κ2) is 8.82. The van der Waals surface area contributed by atoms with E-state index in [-0.39, 0.29) is 18.1 Å². The first-order valence-electron chi connectivity index (χ1n) is 9.51. The van der Waals surface area contributed by atoms with Gasteiger partial charge in [-0.25, -0.2) is 4.98 Å². The van der Waals surface area contributed by atoms with Gasteiger partial charge < -0.3 is 18.8 Å². The lowest BCUT2D eigenvalue weighted by Crippen LogP contribution is -2.43. The van der Waals surface area contributed by atoms with Gasteiger partial charge in [-0.3, -0.25) is 4.79 Å². The molecule has 0 spiro atoms. The van der Waals surface area contributed by atoms with E-state index in [1.807, 2.05) is 4.90 Å². The first-order chi connectivity index (χ1) is 13.6. The van der Waals surface area contributed by atoms with Gasteiger partial charge >= 0.3 is 0 Å². The molecule has 2 aliphatic heterocycles. The van der Waals surface area contributed by atoms with Crippen LogP contribution in [0.15, 0.2) is 28.8 Å². The van der Waals surface area contributed by atoms with Crippen molar-refractivity contribution in [3.8, 4) is 11.3 Å². The molecular weight excluding hydrogens is 403 g/mol. The van der Waals surface area contributed by atoms with Gasteiger partial charge in [0.05, 0.1) is 24.4 Å². The summed E-state index contributed by atoms with van der Waals surface area (Å²) in [4.78, 5) is 18.8. The summed E-state index contributed by atoms with van der Waals surface area (Å²) >= 11 is 12.1. The molecule has 28 heavy (non-hydrogen) atoms. The smallest absolute Gasteiger partial charge is 0.223 e. The van der Waals surface area contributed by atoms with Crippen molar-refractivity contribution in [2.75, 3.05) is 26.3 Å². The number of hydrogen-bond donors (Lipinski definition) is 0. The molecule has 6 nitrogen and oxygen atoms in total. The third-order valence-corrected chi connectivity index (χ3v) is 5.69. The summed E-state index contributed by atoms with van der Waals surface area (Å²) in [6.07, 6.45) is 4.25. The number of aromatic nitrogens is 1. The highest BCUT2D eigenvalue weighted by Crippen LogP contribution is 2.31. The SMILES string of the molecule is O=C(CCc1ncc(-c2ccc(Cl)cc2Cl)o1)N1CCCC(C2OCCO2)C1. The van der Waals surface area contributed by atoms with E-state index in [0.717, 1.165) is 24.9 Å². The Labute approximate surface area is 173 Å². The lowest BCUT2D eigenvalue weighted by Gasteiger charge is -2.34. The van der Waals surface area contributed by atoms with Crippen molar-refractivity contribution in [1.29, 1.82) is 0 Å². The number of likely N-dealkylation sites (tertiary alicyclic amines) is 1. The Kier molecular flexibility index (Phi) is 6.21. The van der Waals surface area contributed by atoms with Crippen molar-refractivity contribution in [2.45, 2.75) is 32.0 Å². The number of hydrogen-bond acceptors (Lipinski definition) is 5. The van der Waals surface area contributed by atoms with Crippen LogP contribution in [0.25, 0.3) is 11.3 Å². The van der Waals surface area contributed by atoms with Crippen molar-refractivity contribution in [1.82, 2.24) is 9.88 Å². The number of oxazole rings is 1. The first-order valence-corrected chi connectivity index (χ1v) is 10.3. The molecule has 0 N–H and O–H groups in total. The summed E-state index contributed by atoms with van der Waals surface area (Å²) in [6.45, 7) is 2.73. The van der Waals surface area contributed by atoms with Gasteiger partial charge in [0.1, 0.15) is 0 Å². The van der Waals surface area contributed by atoms with Crippen LogP contribution in [0.4, 0.5) is 0 Å². The van der Waals surface area contributed by atoms with Crippen LogP contribution < -0.4 is 0 Å². The fourth-order valence-electron chi connectivity index (χ4n) is 3.72. The van der Waals surface area contributed by atoms with Crippen LogP contribution in [0.1, 0.15) is 25.2 Å². The molecule has 1 unspecified atom stereocenters. The Morgan fingerprint density at radius 1 is 1.25 bits per heavy atom. The summed E-state index contributed by atoms with van der Waals surface area (Å²) in [5.41, 5.74) is 0.728. The number of carbonyl (C=O) groups is 1. The zero-order valence-corrected chi connectivity index (χ0v) is 16.9. The maximum Gasteiger partial charge on any atom is 0.223 e. The van der Waals surface area contributed by atoms with E-state index in [9.17, 15) is 4.79 Å². The predicted octanol–water partition coefficient (Wildman–Crippen LogP) is 4.19. The quantitative estimate of drug-likeness (QED) is 0.719. The Morgan fingerprint density at radius 3 is 2.86 bits per heavy atom. The predicted molar refractivity (Wildman–Crippen MR) is 105 cm³/mol. The zero-order valence-electron chi connectivity index (χ0n) is 15.4. The molecular formula is C20H22Cl2N2O4. The van der Waals surface area contributed by atoms with Crippen molar-refractivity contribution < 1.29 is 18.7 Å². The lowest BCUT2D eigenvalue weighted by atomic mass is 9.97. The number of ether oxygens (including phenoxy) is 2. The minimum atomic E-state index is -0.172. The van der Waals surface area contributed by atoms with E-state index in [2.05, 4.69) is 4.98 Å². The molecule has 2 saturated heterocycles. The van der Waals surface area contributed by atoms with E-state index >= 15 is 0 Å². The maximum atomic E-state index is 12.6. The van der Waals surface area contributed by atoms with Crippen LogP contribution in [0.5, 0.6) is 0 Å². The molecule has 2 aliphatic rings. The van der Waals surface area contributed by atoms with Gasteiger partial charge in [0.15, 0.2) is 17.9 Å². The second-order valence-corrected chi connectivity index (χ2v) is 7.94. The number of carbonyl (C=O) groups excluding carboxylic acids is 1. The molecule has 4 rings (SSSR count). The van der Waals surface area contributed by atoms with Crippen molar-refractivity contribution in [3.05, 3.63) is 40.3 Å². The molecule has 0 aliphatic carbocycles. The van der Waals surface area contributed by atoms with Crippen LogP contribution in [0.2, 0.25) is 10.0 Å². The summed E-state index contributed by atoms with van der Waals surface area (Å²) in [7, 11) is 0. The average Bonchev–Trinajstić information content (AvgIpc) is 3.38. The van der Waals surface area contributed by atoms with Gasteiger partial charge in [-0.1, -0.05) is 23.2 Å². The number of rotatable bonds is 5. The minimum Gasteiger partial charge on any atom is -0.441 e. The highest BCUT2D eigenvalue weighted by atomic mass is 35.5. The largest absolute Gasteiger partial charge is 0.441 e. The number of nitrogens with zero attached hydrogens (tertiary/aromatic N) is 2. The van der Waals surface area contributed by atoms with Gasteiger partial charge in [-0.15, -0.1) is 0 Å². The van der Waals surface area contributed by atoms with Gasteiger partial charge in [-0.05, 0) is 31.0 Å². The third-order valence-electron chi connectivity index (χ3n) is 5.15. The highest BCUT2D eigenvalue weighted by Gasteiger charge is 2.32. The van der Waals surface area contributed by atoms with Crippen LogP contribution in [0.3, 0.4) is 0 Å². The molecule has 1 atom stereocenters. The molecule has 2 aromatic rings.